The van der Waals surface area contributed by atoms with Gasteiger partial charge in [-0.3, -0.25) is 9.59 Å². The van der Waals surface area contributed by atoms with Crippen LogP contribution in [-0.4, -0.2) is 11.6 Å². The van der Waals surface area contributed by atoms with Crippen molar-refractivity contribution in [3.8, 4) is 0 Å². The smallest absolute Gasteiger partial charge is 0.132 e. The van der Waals surface area contributed by atoms with Gasteiger partial charge in [0.15, 0.2) is 0 Å². The van der Waals surface area contributed by atoms with E-state index in [2.05, 4.69) is 24.3 Å². The molecule has 3 rings (SSSR count). The van der Waals surface area contributed by atoms with Crippen molar-refractivity contribution in [1.29, 1.82) is 0 Å². The number of hydrogen-bond donors (Lipinski definition) is 0. The fourth-order valence-electron chi connectivity index (χ4n) is 4.71. The SMILES string of the molecule is CC(=O)C1CCC(c2ccc(C3CCC(C(C)=O)CC3)cc2)CC1. The summed E-state index contributed by atoms with van der Waals surface area (Å²) in [5, 5.41) is 0. The second kappa shape index (κ2) is 7.63. The maximum Gasteiger partial charge on any atom is 0.132 e. The molecule has 130 valence electrons. The number of ketones is 2. The van der Waals surface area contributed by atoms with E-state index in [-0.39, 0.29) is 0 Å². The second-order valence-electron chi connectivity index (χ2n) is 7.99. The van der Waals surface area contributed by atoms with E-state index in [4.69, 9.17) is 0 Å². The van der Waals surface area contributed by atoms with Gasteiger partial charge in [0.2, 0.25) is 0 Å². The van der Waals surface area contributed by atoms with Gasteiger partial charge in [-0.15, -0.1) is 0 Å². The third kappa shape index (κ3) is 3.96. The fraction of sp³-hybridized carbons (Fsp3) is 0.636. The van der Waals surface area contributed by atoms with Gasteiger partial charge in [0.05, 0.1) is 0 Å². The van der Waals surface area contributed by atoms with Gasteiger partial charge in [-0.1, -0.05) is 24.3 Å². The molecule has 0 saturated heterocycles. The number of carbonyl (C=O) groups is 2. The van der Waals surface area contributed by atoms with E-state index in [1.807, 2.05) is 0 Å². The first-order chi connectivity index (χ1) is 11.5. The Labute approximate surface area is 146 Å². The van der Waals surface area contributed by atoms with Gasteiger partial charge in [-0.2, -0.15) is 0 Å². The lowest BCUT2D eigenvalue weighted by molar-refractivity contribution is -0.122. The first kappa shape index (κ1) is 17.4. The molecule has 2 fully saturated rings. The van der Waals surface area contributed by atoms with Crippen molar-refractivity contribution in [2.24, 2.45) is 11.8 Å². The highest BCUT2D eigenvalue weighted by Gasteiger charge is 2.26. The van der Waals surface area contributed by atoms with Crippen LogP contribution in [0.25, 0.3) is 0 Å². The third-order valence-corrected chi connectivity index (χ3v) is 6.48. The van der Waals surface area contributed by atoms with Crippen LogP contribution in [0.4, 0.5) is 0 Å². The molecule has 0 radical (unpaired) electrons. The summed E-state index contributed by atoms with van der Waals surface area (Å²) in [5.41, 5.74) is 2.89. The Bertz CT molecular complexity index is 517. The minimum atomic E-state index is 0.303. The van der Waals surface area contributed by atoms with E-state index in [1.165, 1.54) is 11.1 Å². The number of hydrogen-bond acceptors (Lipinski definition) is 2. The van der Waals surface area contributed by atoms with Crippen molar-refractivity contribution < 1.29 is 9.59 Å². The van der Waals surface area contributed by atoms with Gasteiger partial charge in [-0.25, -0.2) is 0 Å². The summed E-state index contributed by atoms with van der Waals surface area (Å²) >= 11 is 0. The largest absolute Gasteiger partial charge is 0.300 e. The second-order valence-corrected chi connectivity index (χ2v) is 7.99. The molecule has 0 heterocycles. The monoisotopic (exact) mass is 326 g/mol. The fourth-order valence-corrected chi connectivity index (χ4v) is 4.71. The molecular formula is C22H30O2. The summed E-state index contributed by atoms with van der Waals surface area (Å²) < 4.78 is 0. The summed E-state index contributed by atoms with van der Waals surface area (Å²) in [6.45, 7) is 3.47. The van der Waals surface area contributed by atoms with Crippen LogP contribution in [0.2, 0.25) is 0 Å². The number of carbonyl (C=O) groups excluding carboxylic acids is 2. The Morgan fingerprint density at radius 2 is 0.917 bits per heavy atom. The van der Waals surface area contributed by atoms with E-state index in [1.54, 1.807) is 13.8 Å². The van der Waals surface area contributed by atoms with Crippen molar-refractivity contribution in [1.82, 2.24) is 0 Å². The van der Waals surface area contributed by atoms with Gasteiger partial charge in [0.25, 0.3) is 0 Å². The predicted octanol–water partition coefficient (Wildman–Crippen LogP) is 5.41. The Balaban J connectivity index is 1.56. The number of benzene rings is 1. The maximum absolute atomic E-state index is 11.5. The molecular weight excluding hydrogens is 296 g/mol. The van der Waals surface area contributed by atoms with Crippen LogP contribution in [0.1, 0.15) is 88.2 Å². The van der Waals surface area contributed by atoms with E-state index in [9.17, 15) is 9.59 Å². The van der Waals surface area contributed by atoms with Crippen molar-refractivity contribution in [2.75, 3.05) is 0 Å². The summed E-state index contributed by atoms with van der Waals surface area (Å²) in [6, 6.07) is 9.24. The van der Waals surface area contributed by atoms with Crippen LogP contribution in [0, 0.1) is 11.8 Å². The van der Waals surface area contributed by atoms with E-state index in [0.717, 1.165) is 51.4 Å². The quantitative estimate of drug-likeness (QED) is 0.741. The minimum absolute atomic E-state index is 0.303. The molecule has 0 aliphatic heterocycles. The predicted molar refractivity (Wildman–Crippen MR) is 97.2 cm³/mol. The van der Waals surface area contributed by atoms with Crippen LogP contribution in [-0.2, 0) is 9.59 Å². The zero-order valence-corrected chi connectivity index (χ0v) is 15.1. The van der Waals surface area contributed by atoms with Crippen LogP contribution in [0.5, 0.6) is 0 Å². The highest BCUT2D eigenvalue weighted by atomic mass is 16.1. The molecule has 0 bridgehead atoms. The van der Waals surface area contributed by atoms with E-state index in [0.29, 0.717) is 35.2 Å². The van der Waals surface area contributed by atoms with Crippen LogP contribution in [0.3, 0.4) is 0 Å². The molecule has 0 spiro atoms. The standard InChI is InChI=1S/C22H30O2/c1-15(23)17-3-7-19(8-4-17)21-11-13-22(14-12-21)20-9-5-18(6-10-20)16(2)24/h11-14,17-20H,3-10H2,1-2H3. The Morgan fingerprint density at radius 1 is 0.625 bits per heavy atom. The van der Waals surface area contributed by atoms with Crippen molar-refractivity contribution in [2.45, 2.75) is 77.0 Å². The first-order valence-corrected chi connectivity index (χ1v) is 9.65. The number of Topliss-reactive ketones (excluding diaryl/α,β-unsaturated/α-hetero) is 2. The Kier molecular flexibility index (Phi) is 5.53. The van der Waals surface area contributed by atoms with Crippen molar-refractivity contribution in [3.05, 3.63) is 35.4 Å². The molecule has 0 N–H and O–H groups in total. The van der Waals surface area contributed by atoms with Gasteiger partial charge < -0.3 is 0 Å². The lowest BCUT2D eigenvalue weighted by atomic mass is 9.75. The molecule has 1 aromatic rings. The van der Waals surface area contributed by atoms with Gasteiger partial charge >= 0.3 is 0 Å². The van der Waals surface area contributed by atoms with Gasteiger partial charge in [-0.05, 0) is 88.2 Å². The zero-order chi connectivity index (χ0) is 17.1. The summed E-state index contributed by atoms with van der Waals surface area (Å²) in [7, 11) is 0. The highest BCUT2D eigenvalue weighted by molar-refractivity contribution is 5.78. The zero-order valence-electron chi connectivity index (χ0n) is 15.1. The molecule has 24 heavy (non-hydrogen) atoms. The average Bonchev–Trinajstić information content (AvgIpc) is 2.62. The summed E-state index contributed by atoms with van der Waals surface area (Å²) in [5.74, 6) is 2.59. The van der Waals surface area contributed by atoms with Crippen LogP contribution >= 0.6 is 0 Å². The van der Waals surface area contributed by atoms with Gasteiger partial charge in [0, 0.05) is 11.8 Å². The average molecular weight is 326 g/mol. The van der Waals surface area contributed by atoms with Gasteiger partial charge in [0.1, 0.15) is 11.6 Å². The molecule has 0 unspecified atom stereocenters. The van der Waals surface area contributed by atoms with Crippen molar-refractivity contribution in [3.63, 3.8) is 0 Å². The summed E-state index contributed by atoms with van der Waals surface area (Å²) in [4.78, 5) is 23.0. The highest BCUT2D eigenvalue weighted by Crippen LogP contribution is 2.39. The third-order valence-electron chi connectivity index (χ3n) is 6.48. The molecule has 2 aliphatic rings. The van der Waals surface area contributed by atoms with E-state index < -0.39 is 0 Å². The lowest BCUT2D eigenvalue weighted by Gasteiger charge is -2.29. The molecule has 2 aliphatic carbocycles. The topological polar surface area (TPSA) is 34.1 Å². The summed E-state index contributed by atoms with van der Waals surface area (Å²) in [6.07, 6.45) is 8.79. The molecule has 2 saturated carbocycles. The first-order valence-electron chi connectivity index (χ1n) is 9.65. The van der Waals surface area contributed by atoms with Crippen molar-refractivity contribution >= 4 is 11.6 Å². The molecule has 0 amide bonds. The molecule has 0 aromatic heterocycles. The van der Waals surface area contributed by atoms with Crippen LogP contribution < -0.4 is 0 Å². The molecule has 2 heteroatoms. The van der Waals surface area contributed by atoms with Crippen LogP contribution in [0.15, 0.2) is 24.3 Å². The molecule has 0 atom stereocenters. The van der Waals surface area contributed by atoms with E-state index >= 15 is 0 Å². The molecule has 1 aromatic carbocycles. The number of rotatable bonds is 4. The minimum Gasteiger partial charge on any atom is -0.300 e. The normalized spacial score (nSPS) is 30.8. The Morgan fingerprint density at radius 3 is 1.17 bits per heavy atom. The maximum atomic E-state index is 11.5. The molecule has 2 nitrogen and oxygen atoms in total. The Hall–Kier alpha value is -1.44. The lowest BCUT2D eigenvalue weighted by Crippen LogP contribution is -2.19.